The Bertz CT molecular complexity index is 809. The van der Waals surface area contributed by atoms with Crippen LogP contribution in [0.2, 0.25) is 10.0 Å². The molecule has 26 heavy (non-hydrogen) atoms. The van der Waals surface area contributed by atoms with Crippen LogP contribution in [0.1, 0.15) is 15.9 Å². The Labute approximate surface area is 160 Å². The van der Waals surface area contributed by atoms with Crippen molar-refractivity contribution < 1.29 is 23.5 Å². The van der Waals surface area contributed by atoms with Crippen molar-refractivity contribution in [3.05, 3.63) is 63.4 Å². The monoisotopic (exact) mass is 399 g/mol. The van der Waals surface area contributed by atoms with Gasteiger partial charge in [0.25, 0.3) is 5.91 Å². The van der Waals surface area contributed by atoms with Gasteiger partial charge in [0.2, 0.25) is 0 Å². The van der Waals surface area contributed by atoms with Gasteiger partial charge in [0.1, 0.15) is 17.1 Å². The van der Waals surface area contributed by atoms with E-state index in [-0.39, 0.29) is 28.4 Å². The molecule has 2 rings (SSSR count). The van der Waals surface area contributed by atoms with E-state index in [4.69, 9.17) is 32.7 Å². The maximum Gasteiger partial charge on any atom is 0.342 e. The summed E-state index contributed by atoms with van der Waals surface area (Å²) >= 11 is 11.8. The number of amides is 1. The van der Waals surface area contributed by atoms with Gasteiger partial charge in [0.05, 0.1) is 7.11 Å². The SMILES string of the molecule is COc1ccc(Cl)cc1C(=O)OCC(=O)N(C)Cc1c(F)cccc1Cl. The third-order valence-electron chi connectivity index (χ3n) is 3.59. The van der Waals surface area contributed by atoms with E-state index in [1.54, 1.807) is 6.07 Å². The molecule has 0 spiro atoms. The summed E-state index contributed by atoms with van der Waals surface area (Å²) in [4.78, 5) is 25.5. The normalized spacial score (nSPS) is 10.3. The van der Waals surface area contributed by atoms with E-state index in [1.165, 1.54) is 49.4 Å². The molecule has 0 unspecified atom stereocenters. The van der Waals surface area contributed by atoms with E-state index >= 15 is 0 Å². The molecule has 0 aromatic heterocycles. The number of benzene rings is 2. The van der Waals surface area contributed by atoms with Gasteiger partial charge in [0, 0.05) is 29.2 Å². The van der Waals surface area contributed by atoms with Crippen molar-refractivity contribution in [1.82, 2.24) is 4.90 Å². The minimum absolute atomic E-state index is 0.0532. The number of carbonyl (C=O) groups is 2. The predicted molar refractivity (Wildman–Crippen MR) is 96.2 cm³/mol. The molecular formula is C18H16Cl2FNO4. The standard InChI is InChI=1S/C18H16Cl2FNO4/c1-22(9-13-14(20)4-3-5-15(13)21)17(23)10-26-18(24)12-8-11(19)6-7-16(12)25-2/h3-8H,9-10H2,1-2H3. The summed E-state index contributed by atoms with van der Waals surface area (Å²) in [6, 6.07) is 8.73. The topological polar surface area (TPSA) is 55.8 Å². The number of rotatable bonds is 6. The van der Waals surface area contributed by atoms with E-state index in [1.807, 2.05) is 0 Å². The van der Waals surface area contributed by atoms with E-state index in [0.29, 0.717) is 5.02 Å². The number of hydrogen-bond acceptors (Lipinski definition) is 4. The Morgan fingerprint density at radius 3 is 2.58 bits per heavy atom. The highest BCUT2D eigenvalue weighted by molar-refractivity contribution is 6.31. The smallest absolute Gasteiger partial charge is 0.342 e. The zero-order chi connectivity index (χ0) is 19.3. The number of methoxy groups -OCH3 is 1. The van der Waals surface area contributed by atoms with Crippen LogP contribution in [-0.4, -0.2) is 37.5 Å². The lowest BCUT2D eigenvalue weighted by Gasteiger charge is -2.18. The first-order valence-corrected chi connectivity index (χ1v) is 8.26. The minimum Gasteiger partial charge on any atom is -0.496 e. The highest BCUT2D eigenvalue weighted by Gasteiger charge is 2.19. The first-order chi connectivity index (χ1) is 12.3. The fraction of sp³-hybridized carbons (Fsp3) is 0.222. The van der Waals surface area contributed by atoms with Gasteiger partial charge < -0.3 is 14.4 Å². The fourth-order valence-corrected chi connectivity index (χ4v) is 2.56. The van der Waals surface area contributed by atoms with Crippen LogP contribution in [-0.2, 0) is 16.1 Å². The van der Waals surface area contributed by atoms with Gasteiger partial charge >= 0.3 is 5.97 Å². The quantitative estimate of drug-likeness (QED) is 0.689. The number of ether oxygens (including phenoxy) is 2. The van der Waals surface area contributed by atoms with Crippen LogP contribution >= 0.6 is 23.2 Å². The van der Waals surface area contributed by atoms with Crippen LogP contribution in [0.3, 0.4) is 0 Å². The second kappa shape index (κ2) is 8.87. The minimum atomic E-state index is -0.755. The number of carbonyl (C=O) groups excluding carboxylic acids is 2. The highest BCUT2D eigenvalue weighted by atomic mass is 35.5. The first kappa shape index (κ1) is 20.0. The number of esters is 1. The van der Waals surface area contributed by atoms with E-state index < -0.39 is 24.3 Å². The van der Waals surface area contributed by atoms with Crippen LogP contribution in [0.4, 0.5) is 4.39 Å². The molecule has 8 heteroatoms. The molecule has 138 valence electrons. The average Bonchev–Trinajstić information content (AvgIpc) is 2.62. The molecule has 0 fully saturated rings. The van der Waals surface area contributed by atoms with Crippen molar-refractivity contribution in [2.24, 2.45) is 0 Å². The molecule has 0 radical (unpaired) electrons. The Kier molecular flexibility index (Phi) is 6.83. The van der Waals surface area contributed by atoms with Gasteiger partial charge in [-0.1, -0.05) is 29.3 Å². The lowest BCUT2D eigenvalue weighted by molar-refractivity contribution is -0.133. The van der Waals surface area contributed by atoms with E-state index in [2.05, 4.69) is 0 Å². The molecule has 0 aliphatic rings. The zero-order valence-corrected chi connectivity index (χ0v) is 15.6. The Morgan fingerprint density at radius 1 is 1.19 bits per heavy atom. The van der Waals surface area contributed by atoms with Crippen molar-refractivity contribution in [1.29, 1.82) is 0 Å². The Balaban J connectivity index is 2.00. The van der Waals surface area contributed by atoms with Crippen molar-refractivity contribution >= 4 is 35.1 Å². The third-order valence-corrected chi connectivity index (χ3v) is 4.18. The molecule has 0 N–H and O–H groups in total. The predicted octanol–water partition coefficient (Wildman–Crippen LogP) is 3.96. The molecule has 1 amide bonds. The molecule has 0 atom stereocenters. The lowest BCUT2D eigenvalue weighted by atomic mass is 10.2. The summed E-state index contributed by atoms with van der Waals surface area (Å²) < 4.78 is 23.9. The van der Waals surface area contributed by atoms with Crippen LogP contribution in [0.5, 0.6) is 5.75 Å². The summed E-state index contributed by atoms with van der Waals surface area (Å²) in [5, 5.41) is 0.542. The number of hydrogen-bond donors (Lipinski definition) is 0. The van der Waals surface area contributed by atoms with Gasteiger partial charge in [-0.3, -0.25) is 4.79 Å². The molecule has 0 heterocycles. The first-order valence-electron chi connectivity index (χ1n) is 7.51. The van der Waals surface area contributed by atoms with E-state index in [0.717, 1.165) is 0 Å². The number of halogens is 3. The van der Waals surface area contributed by atoms with Gasteiger partial charge in [-0.05, 0) is 30.3 Å². The molecule has 0 saturated carbocycles. The van der Waals surface area contributed by atoms with Crippen LogP contribution in [0, 0.1) is 5.82 Å². The van der Waals surface area contributed by atoms with Gasteiger partial charge in [-0.15, -0.1) is 0 Å². The van der Waals surface area contributed by atoms with Gasteiger partial charge in [-0.25, -0.2) is 9.18 Å². The largest absolute Gasteiger partial charge is 0.496 e. The highest BCUT2D eigenvalue weighted by Crippen LogP contribution is 2.23. The molecule has 0 saturated heterocycles. The Morgan fingerprint density at radius 2 is 1.92 bits per heavy atom. The summed E-state index contributed by atoms with van der Waals surface area (Å²) in [7, 11) is 2.86. The summed E-state index contributed by atoms with van der Waals surface area (Å²) in [6.07, 6.45) is 0. The summed E-state index contributed by atoms with van der Waals surface area (Å²) in [6.45, 7) is -0.570. The molecule has 0 aliphatic carbocycles. The van der Waals surface area contributed by atoms with Gasteiger partial charge in [-0.2, -0.15) is 0 Å². The van der Waals surface area contributed by atoms with Crippen LogP contribution < -0.4 is 4.74 Å². The summed E-state index contributed by atoms with van der Waals surface area (Å²) in [5.41, 5.74) is 0.292. The van der Waals surface area contributed by atoms with Crippen LogP contribution in [0.25, 0.3) is 0 Å². The molecule has 2 aromatic rings. The van der Waals surface area contributed by atoms with Crippen molar-refractivity contribution in [2.75, 3.05) is 20.8 Å². The second-order valence-corrected chi connectivity index (χ2v) is 6.21. The van der Waals surface area contributed by atoms with Crippen LogP contribution in [0.15, 0.2) is 36.4 Å². The molecule has 0 bridgehead atoms. The maximum absolute atomic E-state index is 13.8. The molecule has 0 aliphatic heterocycles. The maximum atomic E-state index is 13.8. The van der Waals surface area contributed by atoms with Gasteiger partial charge in [0.15, 0.2) is 6.61 Å². The van der Waals surface area contributed by atoms with Crippen molar-refractivity contribution in [3.8, 4) is 5.75 Å². The third kappa shape index (κ3) is 4.86. The second-order valence-electron chi connectivity index (χ2n) is 5.37. The molecular weight excluding hydrogens is 384 g/mol. The number of likely N-dealkylation sites (N-methyl/N-ethyl adjacent to an activating group) is 1. The van der Waals surface area contributed by atoms with Crippen molar-refractivity contribution in [3.63, 3.8) is 0 Å². The fourth-order valence-electron chi connectivity index (χ4n) is 2.16. The van der Waals surface area contributed by atoms with E-state index in [9.17, 15) is 14.0 Å². The summed E-state index contributed by atoms with van der Waals surface area (Å²) in [5.74, 6) is -1.51. The average molecular weight is 400 g/mol. The zero-order valence-electron chi connectivity index (χ0n) is 14.1. The molecule has 5 nitrogen and oxygen atoms in total. The Hall–Kier alpha value is -2.31. The van der Waals surface area contributed by atoms with Crippen molar-refractivity contribution in [2.45, 2.75) is 6.54 Å². The molecule has 2 aromatic carbocycles. The number of nitrogens with zero attached hydrogens (tertiary/aromatic N) is 1. The lowest BCUT2D eigenvalue weighted by Crippen LogP contribution is -2.31.